The average Bonchev–Trinajstić information content (AvgIpc) is 2.59. The van der Waals surface area contributed by atoms with E-state index in [0.717, 1.165) is 25.9 Å². The van der Waals surface area contributed by atoms with Gasteiger partial charge in [0.05, 0.1) is 13.2 Å². The lowest BCUT2D eigenvalue weighted by Crippen LogP contribution is -2.47. The lowest BCUT2D eigenvalue weighted by atomic mass is 9.87. The summed E-state index contributed by atoms with van der Waals surface area (Å²) in [7, 11) is 1.66. The number of hydrogen-bond acceptors (Lipinski definition) is 4. The summed E-state index contributed by atoms with van der Waals surface area (Å²) in [5.41, 5.74) is 2.82. The molecule has 1 aromatic carbocycles. The first kappa shape index (κ1) is 26.0. The van der Waals surface area contributed by atoms with Crippen LogP contribution < -0.4 is 15.5 Å². The fourth-order valence-corrected chi connectivity index (χ4v) is 3.11. The highest BCUT2D eigenvalue weighted by atomic mass is 35.5. The molecule has 0 unspecified atom stereocenters. The van der Waals surface area contributed by atoms with Crippen LogP contribution in [-0.4, -0.2) is 51.8 Å². The van der Waals surface area contributed by atoms with Gasteiger partial charge in [-0.05, 0) is 36.0 Å². The van der Waals surface area contributed by atoms with Crippen molar-refractivity contribution in [1.29, 1.82) is 0 Å². The molecule has 0 atom stereocenters. The van der Waals surface area contributed by atoms with E-state index in [0.29, 0.717) is 19.7 Å². The van der Waals surface area contributed by atoms with Gasteiger partial charge >= 0.3 is 0 Å². The fraction of sp³-hybridized carbons (Fsp3) is 0.650. The minimum absolute atomic E-state index is 0. The van der Waals surface area contributed by atoms with Crippen molar-refractivity contribution in [3.63, 3.8) is 0 Å². The van der Waals surface area contributed by atoms with Crippen molar-refractivity contribution < 1.29 is 9.53 Å². The molecule has 1 aliphatic heterocycles. The minimum atomic E-state index is 0. The molecule has 2 N–H and O–H groups in total. The molecule has 1 fully saturated rings. The normalized spacial score (nSPS) is 14.9. The number of halogens is 2. The predicted octanol–water partition coefficient (Wildman–Crippen LogP) is 3.15. The third kappa shape index (κ3) is 8.69. The smallest absolute Gasteiger partial charge is 0.234 e. The Kier molecular flexibility index (Phi) is 12.0. The van der Waals surface area contributed by atoms with Crippen LogP contribution in [0.3, 0.4) is 0 Å². The second-order valence-corrected chi connectivity index (χ2v) is 7.80. The number of benzene rings is 1. The molecule has 1 amide bonds. The molecule has 27 heavy (non-hydrogen) atoms. The van der Waals surface area contributed by atoms with E-state index in [2.05, 4.69) is 60.6 Å². The first-order chi connectivity index (χ1) is 11.9. The van der Waals surface area contributed by atoms with Crippen LogP contribution >= 0.6 is 24.8 Å². The molecule has 1 heterocycles. The van der Waals surface area contributed by atoms with E-state index in [1.54, 1.807) is 7.11 Å². The van der Waals surface area contributed by atoms with Crippen molar-refractivity contribution in [2.45, 2.75) is 45.1 Å². The van der Waals surface area contributed by atoms with Gasteiger partial charge in [-0.1, -0.05) is 32.9 Å². The zero-order valence-electron chi connectivity index (χ0n) is 16.9. The number of carbonyl (C=O) groups excluding carboxylic acids is 1. The fourth-order valence-electron chi connectivity index (χ4n) is 3.11. The summed E-state index contributed by atoms with van der Waals surface area (Å²) in [5, 5.41) is 6.21. The average molecular weight is 420 g/mol. The van der Waals surface area contributed by atoms with E-state index >= 15 is 0 Å². The maximum absolute atomic E-state index is 11.9. The Labute approximate surface area is 176 Å². The molecule has 0 spiro atoms. The Morgan fingerprint density at radius 1 is 1.15 bits per heavy atom. The lowest BCUT2D eigenvalue weighted by Gasteiger charge is -2.34. The second kappa shape index (κ2) is 12.4. The van der Waals surface area contributed by atoms with Crippen molar-refractivity contribution in [3.8, 4) is 0 Å². The molecule has 5 nitrogen and oxygen atoms in total. The number of carbonyl (C=O) groups is 1. The van der Waals surface area contributed by atoms with E-state index in [1.165, 1.54) is 11.3 Å². The van der Waals surface area contributed by atoms with Gasteiger partial charge in [0.1, 0.15) is 0 Å². The zero-order chi connectivity index (χ0) is 18.3. The first-order valence-electron chi connectivity index (χ1n) is 9.24. The Hall–Kier alpha value is -1.01. The molecule has 0 radical (unpaired) electrons. The SMILES string of the molecule is COCCNCC(=O)NC1CCN(c2ccc(C(C)(C)C)cc2)CC1.Cl.Cl. The number of methoxy groups -OCH3 is 1. The topological polar surface area (TPSA) is 53.6 Å². The Bertz CT molecular complexity index is 539. The predicted molar refractivity (Wildman–Crippen MR) is 118 cm³/mol. The number of piperidine rings is 1. The Morgan fingerprint density at radius 3 is 2.26 bits per heavy atom. The van der Waals surface area contributed by atoms with Crippen LogP contribution in [-0.2, 0) is 14.9 Å². The van der Waals surface area contributed by atoms with Gasteiger partial charge in [0.2, 0.25) is 5.91 Å². The van der Waals surface area contributed by atoms with Crippen molar-refractivity contribution in [3.05, 3.63) is 29.8 Å². The molecule has 1 aromatic rings. The van der Waals surface area contributed by atoms with Gasteiger partial charge in [-0.3, -0.25) is 4.79 Å². The number of rotatable bonds is 7. The molecule has 156 valence electrons. The maximum atomic E-state index is 11.9. The zero-order valence-corrected chi connectivity index (χ0v) is 18.5. The number of nitrogens with one attached hydrogen (secondary N) is 2. The molecule has 0 aromatic heterocycles. The molecule has 0 aliphatic carbocycles. The summed E-state index contributed by atoms with van der Waals surface area (Å²) in [5.74, 6) is 0.0732. The highest BCUT2D eigenvalue weighted by Gasteiger charge is 2.21. The first-order valence-corrected chi connectivity index (χ1v) is 9.24. The minimum Gasteiger partial charge on any atom is -0.383 e. The van der Waals surface area contributed by atoms with Gasteiger partial charge in [0.15, 0.2) is 0 Å². The van der Waals surface area contributed by atoms with E-state index in [1.807, 2.05) is 0 Å². The molecular formula is C20H35Cl2N3O2. The van der Waals surface area contributed by atoms with Crippen molar-refractivity contribution in [2.75, 3.05) is 44.8 Å². The summed E-state index contributed by atoms with van der Waals surface area (Å²) in [6.07, 6.45) is 1.98. The number of anilines is 1. The highest BCUT2D eigenvalue weighted by Crippen LogP contribution is 2.26. The van der Waals surface area contributed by atoms with Crippen molar-refractivity contribution in [1.82, 2.24) is 10.6 Å². The summed E-state index contributed by atoms with van der Waals surface area (Å²) in [6, 6.07) is 9.18. The van der Waals surface area contributed by atoms with Gasteiger partial charge in [-0.15, -0.1) is 24.8 Å². The van der Waals surface area contributed by atoms with Gasteiger partial charge in [0.25, 0.3) is 0 Å². The van der Waals surface area contributed by atoms with E-state index < -0.39 is 0 Å². The second-order valence-electron chi connectivity index (χ2n) is 7.80. The van der Waals surface area contributed by atoms with E-state index in [4.69, 9.17) is 4.74 Å². The van der Waals surface area contributed by atoms with Crippen LogP contribution in [0, 0.1) is 0 Å². The third-order valence-corrected chi connectivity index (χ3v) is 4.73. The Morgan fingerprint density at radius 2 is 1.74 bits per heavy atom. The van der Waals surface area contributed by atoms with E-state index in [9.17, 15) is 4.79 Å². The van der Waals surface area contributed by atoms with Crippen LogP contribution in [0.15, 0.2) is 24.3 Å². The number of hydrogen-bond donors (Lipinski definition) is 2. The molecule has 2 rings (SSSR count). The van der Waals surface area contributed by atoms with Crippen LogP contribution in [0.25, 0.3) is 0 Å². The molecular weight excluding hydrogens is 385 g/mol. The van der Waals surface area contributed by atoms with Crippen molar-refractivity contribution in [2.24, 2.45) is 0 Å². The Balaban J connectivity index is 0.00000338. The monoisotopic (exact) mass is 419 g/mol. The van der Waals surface area contributed by atoms with Crippen molar-refractivity contribution >= 4 is 36.4 Å². The van der Waals surface area contributed by atoms with E-state index in [-0.39, 0.29) is 42.2 Å². The van der Waals surface area contributed by atoms with Gasteiger partial charge in [0, 0.05) is 38.5 Å². The van der Waals surface area contributed by atoms with Crippen LogP contribution in [0.4, 0.5) is 5.69 Å². The molecule has 7 heteroatoms. The molecule has 0 saturated carbocycles. The third-order valence-electron chi connectivity index (χ3n) is 4.73. The summed E-state index contributed by atoms with van der Waals surface area (Å²) < 4.78 is 4.95. The number of ether oxygens (including phenoxy) is 1. The maximum Gasteiger partial charge on any atom is 0.234 e. The lowest BCUT2D eigenvalue weighted by molar-refractivity contribution is -0.121. The molecule has 0 bridgehead atoms. The largest absolute Gasteiger partial charge is 0.383 e. The van der Waals surface area contributed by atoms with Crippen LogP contribution in [0.5, 0.6) is 0 Å². The number of nitrogens with zero attached hydrogens (tertiary/aromatic N) is 1. The van der Waals surface area contributed by atoms with Crippen LogP contribution in [0.1, 0.15) is 39.2 Å². The van der Waals surface area contributed by atoms with Gasteiger partial charge in [-0.2, -0.15) is 0 Å². The van der Waals surface area contributed by atoms with Crippen LogP contribution in [0.2, 0.25) is 0 Å². The molecule has 1 aliphatic rings. The highest BCUT2D eigenvalue weighted by molar-refractivity contribution is 5.85. The quantitative estimate of drug-likeness (QED) is 0.666. The standard InChI is InChI=1S/C20H33N3O2.2ClH/c1-20(2,3)16-5-7-18(8-6-16)23-12-9-17(10-13-23)22-19(24)15-21-11-14-25-4;;/h5-8,17,21H,9-15H2,1-4H3,(H,22,24);2*1H. The van der Waals surface area contributed by atoms with Gasteiger partial charge in [-0.25, -0.2) is 0 Å². The molecule has 1 saturated heterocycles. The summed E-state index contributed by atoms with van der Waals surface area (Å²) in [6.45, 7) is 10.4. The van der Waals surface area contributed by atoms with Gasteiger partial charge < -0.3 is 20.3 Å². The summed E-state index contributed by atoms with van der Waals surface area (Å²) in [4.78, 5) is 14.3. The summed E-state index contributed by atoms with van der Waals surface area (Å²) >= 11 is 0. The number of amides is 1.